The Kier molecular flexibility index (Phi) is 32.5. The van der Waals surface area contributed by atoms with E-state index in [2.05, 4.69) is 102 Å². The molecule has 0 aliphatic rings. The van der Waals surface area contributed by atoms with Crippen LogP contribution < -0.4 is 59.1 Å². The number of aryl methyl sites for hydroxylation is 9. The van der Waals surface area contributed by atoms with Gasteiger partial charge in [0.2, 0.25) is 29.7 Å². The average molecular weight is 1810 g/mol. The second-order valence-electron chi connectivity index (χ2n) is 29.4. The van der Waals surface area contributed by atoms with E-state index in [0.717, 1.165) is 30.6 Å². The number of nitrogens with zero attached hydrogens (tertiary/aromatic N) is 15. The van der Waals surface area contributed by atoms with Gasteiger partial charge in [-0.3, -0.25) is 72.9 Å². The summed E-state index contributed by atoms with van der Waals surface area (Å²) < 4.78 is 31.2. The molecule has 0 saturated carbocycles. The number of aromatic amines is 5. The van der Waals surface area contributed by atoms with E-state index in [4.69, 9.17) is 20.8 Å². The van der Waals surface area contributed by atoms with Crippen LogP contribution in [0.15, 0.2) is 209 Å². The monoisotopic (exact) mass is 1800 g/mol. The zero-order valence-corrected chi connectivity index (χ0v) is 74.8. The number of carbonyl (C=O) groups is 5. The Morgan fingerprint density at radius 1 is 0.415 bits per heavy atom. The maximum absolute atomic E-state index is 13.8. The Balaban J connectivity index is 0.000000157. The van der Waals surface area contributed by atoms with Gasteiger partial charge in [0.25, 0.3) is 57.3 Å². The summed E-state index contributed by atoms with van der Waals surface area (Å²) in [5, 5.41) is 36.0. The van der Waals surface area contributed by atoms with Crippen LogP contribution in [0.3, 0.4) is 0 Å². The minimum Gasteiger partial charge on any atom is -0.496 e. The lowest BCUT2D eigenvalue weighted by molar-refractivity contribution is 0.0991. The first-order valence-corrected chi connectivity index (χ1v) is 42.7. The first kappa shape index (κ1) is 95.0. The van der Waals surface area contributed by atoms with E-state index in [9.17, 15) is 52.3 Å². The normalized spacial score (nSPS) is 10.8. The predicted octanol–water partition coefficient (Wildman–Crippen LogP) is 13.6. The Bertz CT molecular complexity index is 6690. The molecule has 15 aromatic rings. The van der Waals surface area contributed by atoms with Crippen LogP contribution in [0.4, 0.5) is 33.5 Å². The van der Waals surface area contributed by atoms with Crippen LogP contribution in [0.25, 0.3) is 29.7 Å². The number of ether oxygens (including phenoxy) is 1. The fourth-order valence-corrected chi connectivity index (χ4v) is 13.5. The van der Waals surface area contributed by atoms with Gasteiger partial charge in [-0.05, 0) is 145 Å². The molecule has 130 heavy (non-hydrogen) atoms. The Hall–Kier alpha value is -15.7. The van der Waals surface area contributed by atoms with E-state index in [1.165, 1.54) is 97.1 Å². The number of furan rings is 1. The number of halogens is 2. The lowest BCUT2D eigenvalue weighted by Crippen LogP contribution is -2.20. The van der Waals surface area contributed by atoms with Crippen molar-refractivity contribution in [1.29, 1.82) is 0 Å². The molecule has 0 aliphatic carbocycles. The number of para-hydroxylation sites is 1. The average Bonchev–Trinajstić information content (AvgIpc) is 1.66. The lowest BCUT2D eigenvalue weighted by Gasteiger charge is -2.11. The lowest BCUT2D eigenvalue weighted by atomic mass is 10.1. The molecule has 0 unspecified atom stereocenters. The number of thioether (sulfide) groups is 1. The SMILES string of the molecule is CCCc1cc(=O)[nH]c(-n2nc(C)cc2NC(=O)c2ccc(Cl)cc2)n1.CCCc1cc(=O)[nH]c(-n2nc(C)cc2NC(=O)c2ccccc2OC)n1.CCCc1cc(=O)[nH]c(-n2nc(C)cc2NC(=O)c2ccccc2SC)n1.CCCc1cc(=O)[nH]c(-n2nc(C)cc2NC(=O)c2ccco2)n1.Cc1cc(NC(=O)c2ccccc2F)n(-c2nc(C(C)C)cc(=O)[nH]2)n1. The zero-order valence-electron chi connectivity index (χ0n) is 73.2. The van der Waals surface area contributed by atoms with E-state index >= 15 is 0 Å². The summed E-state index contributed by atoms with van der Waals surface area (Å²) in [5.41, 5.74) is 6.63. The van der Waals surface area contributed by atoms with E-state index in [1.807, 2.05) is 72.9 Å². The van der Waals surface area contributed by atoms with Crippen LogP contribution in [0, 0.1) is 40.4 Å². The molecule has 0 fully saturated rings. The van der Waals surface area contributed by atoms with Crippen LogP contribution in [0.2, 0.25) is 5.02 Å². The molecule has 37 nitrogen and oxygen atoms in total. The summed E-state index contributed by atoms with van der Waals surface area (Å²) in [7, 11) is 1.51. The summed E-state index contributed by atoms with van der Waals surface area (Å²) in [6.07, 6.45) is 9.58. The largest absolute Gasteiger partial charge is 0.496 e. The Morgan fingerprint density at radius 3 is 1.11 bits per heavy atom. The molecule has 672 valence electrons. The van der Waals surface area contributed by atoms with Crippen molar-refractivity contribution in [1.82, 2.24) is 98.7 Å². The summed E-state index contributed by atoms with van der Waals surface area (Å²) in [4.78, 5) is 158. The Labute approximate surface area is 751 Å². The quantitative estimate of drug-likeness (QED) is 0.0225. The number of methoxy groups -OCH3 is 1. The van der Waals surface area contributed by atoms with Gasteiger partial charge in [-0.1, -0.05) is 115 Å². The predicted molar refractivity (Wildman–Crippen MR) is 491 cm³/mol. The van der Waals surface area contributed by atoms with Crippen molar-refractivity contribution >= 4 is 82.0 Å². The van der Waals surface area contributed by atoms with E-state index < -0.39 is 17.6 Å². The highest BCUT2D eigenvalue weighted by Crippen LogP contribution is 2.27. The van der Waals surface area contributed by atoms with Crippen LogP contribution in [0.5, 0.6) is 5.75 Å². The van der Waals surface area contributed by atoms with Gasteiger partial charge in [0.15, 0.2) is 5.76 Å². The maximum atomic E-state index is 13.8. The molecule has 0 aliphatic heterocycles. The van der Waals surface area contributed by atoms with Gasteiger partial charge in [-0.2, -0.15) is 48.9 Å². The summed E-state index contributed by atoms with van der Waals surface area (Å²) in [6.45, 7) is 20.8. The fourth-order valence-electron chi connectivity index (χ4n) is 12.8. The van der Waals surface area contributed by atoms with Crippen LogP contribution in [0.1, 0.15) is 182 Å². The minimum atomic E-state index is -0.624. The van der Waals surface area contributed by atoms with Crippen molar-refractivity contribution in [3.8, 4) is 35.5 Å². The van der Waals surface area contributed by atoms with E-state index in [0.29, 0.717) is 133 Å². The van der Waals surface area contributed by atoms with Gasteiger partial charge in [0.05, 0.1) is 64.2 Å². The van der Waals surface area contributed by atoms with Crippen molar-refractivity contribution in [2.75, 3.05) is 39.9 Å². The molecule has 11 heterocycles. The van der Waals surface area contributed by atoms with Crippen LogP contribution >= 0.6 is 23.4 Å². The molecule has 0 saturated heterocycles. The molecule has 15 rings (SSSR count). The Morgan fingerprint density at radius 2 is 0.746 bits per heavy atom. The van der Waals surface area contributed by atoms with Crippen LogP contribution in [-0.2, 0) is 25.7 Å². The van der Waals surface area contributed by atoms with Crippen LogP contribution in [-0.4, -0.2) is 142 Å². The van der Waals surface area contributed by atoms with Gasteiger partial charge >= 0.3 is 0 Å². The molecule has 4 aromatic carbocycles. The summed E-state index contributed by atoms with van der Waals surface area (Å²) in [5.74, 6) is 1.33. The van der Waals surface area contributed by atoms with Gasteiger partial charge < -0.3 is 35.7 Å². The standard InChI is InChI=1S/C19H21N5O3.C19H21N5O2S.C18H18ClN5O2.C18H18FN5O2.C16H17N5O3/c2*1-4-7-13-11-17(25)22-19(20-13)24-16(10-12(2)23-24)21-18(26)14-8-5-6-9-15(14)27-3;1-3-4-14-10-16(25)22-18(20-14)24-15(9-11(2)23-24)21-17(26)12-5-7-13(19)8-6-12;1-10(2)14-9-16(25)22-18(20-14)24-15(8-11(3)23-24)21-17(26)12-6-4-5-7-13(12)19;1-3-5-11-9-14(22)19-16(17-11)21-13(8-10(2)20-21)18-15(23)12-6-4-7-24-12/h2*5-6,8-11H,4,7H2,1-3H3,(H,21,26)(H,20,22,25);5-10H,3-4H2,1-2H3,(H,21,26)(H,20,22,25);4-10H,1-3H3,(H,21,26)(H,20,22,25);4,6-9H,3,5H2,1-2H3,(H,18,23)(H,17,19,22). The number of aromatic nitrogens is 20. The number of amides is 5. The van der Waals surface area contributed by atoms with Crippen molar-refractivity contribution in [3.05, 3.63) is 324 Å². The molecular weight excluding hydrogens is 1710 g/mol. The molecular formula is C90H95ClFN25O12S. The molecule has 0 radical (unpaired) electrons. The molecule has 40 heteroatoms. The second-order valence-corrected chi connectivity index (χ2v) is 30.7. The number of hydrogen-bond acceptors (Lipinski definition) is 23. The molecule has 11 aromatic heterocycles. The number of carbonyl (C=O) groups excluding carboxylic acids is 5. The molecule has 10 N–H and O–H groups in total. The third-order valence-corrected chi connectivity index (χ3v) is 19.6. The minimum absolute atomic E-state index is 0.0455. The number of nitrogens with one attached hydrogen (secondary N) is 10. The van der Waals surface area contributed by atoms with Crippen molar-refractivity contribution in [2.24, 2.45) is 0 Å². The fraction of sp³-hybridized carbons (Fsp3) is 0.244. The third-order valence-electron chi connectivity index (χ3n) is 18.5. The van der Waals surface area contributed by atoms with E-state index in [-0.39, 0.29) is 98.3 Å². The zero-order chi connectivity index (χ0) is 93.4. The summed E-state index contributed by atoms with van der Waals surface area (Å²) >= 11 is 7.36. The van der Waals surface area contributed by atoms with Gasteiger partial charge in [0, 0.05) is 98.9 Å². The van der Waals surface area contributed by atoms with Gasteiger partial charge in [0.1, 0.15) is 40.7 Å². The number of H-pyrrole nitrogens is 5. The number of benzene rings is 4. The van der Waals surface area contributed by atoms with Crippen molar-refractivity contribution in [2.45, 2.75) is 138 Å². The van der Waals surface area contributed by atoms with E-state index in [1.54, 1.807) is 131 Å². The highest BCUT2D eigenvalue weighted by atomic mass is 35.5. The first-order valence-electron chi connectivity index (χ1n) is 41.1. The maximum Gasteiger partial charge on any atom is 0.292 e. The molecule has 0 spiro atoms. The molecule has 0 atom stereocenters. The van der Waals surface area contributed by atoms with Gasteiger partial charge in [-0.25, -0.2) is 29.3 Å². The highest BCUT2D eigenvalue weighted by molar-refractivity contribution is 7.98. The number of rotatable bonds is 26. The topological polar surface area (TPSA) is 486 Å². The first-order chi connectivity index (χ1) is 62.4. The van der Waals surface area contributed by atoms with Crippen molar-refractivity contribution in [3.63, 3.8) is 0 Å². The smallest absolute Gasteiger partial charge is 0.292 e. The second kappa shape index (κ2) is 44.5. The number of hydrogen-bond donors (Lipinski definition) is 10. The summed E-state index contributed by atoms with van der Waals surface area (Å²) in [6, 6.07) is 45.5. The molecule has 5 amide bonds. The third kappa shape index (κ3) is 25.4. The highest BCUT2D eigenvalue weighted by Gasteiger charge is 2.24. The number of anilines is 5. The van der Waals surface area contributed by atoms with Crippen molar-refractivity contribution < 1.29 is 37.5 Å². The molecule has 0 bridgehead atoms. The van der Waals surface area contributed by atoms with Gasteiger partial charge in [-0.15, -0.1) is 11.8 Å².